The predicted octanol–water partition coefficient (Wildman–Crippen LogP) is 4.45. The summed E-state index contributed by atoms with van der Waals surface area (Å²) < 4.78 is 5.55. The molecule has 0 heterocycles. The van der Waals surface area contributed by atoms with Crippen LogP contribution in [-0.4, -0.2) is 6.61 Å². The van der Waals surface area contributed by atoms with Gasteiger partial charge in [-0.3, -0.25) is 0 Å². The molecule has 0 bridgehead atoms. The van der Waals surface area contributed by atoms with Crippen molar-refractivity contribution in [2.45, 2.75) is 47.0 Å². The molecule has 0 saturated heterocycles. The fourth-order valence-corrected chi connectivity index (χ4v) is 1.16. The van der Waals surface area contributed by atoms with Crippen LogP contribution in [0.15, 0.2) is 24.3 Å². The first-order valence-electron chi connectivity index (χ1n) is 6.08. The second kappa shape index (κ2) is 9.57. The van der Waals surface area contributed by atoms with E-state index in [-0.39, 0.29) is 0 Å². The zero-order valence-corrected chi connectivity index (χ0v) is 10.5. The average molecular weight is 208 g/mol. The van der Waals surface area contributed by atoms with Crippen molar-refractivity contribution in [3.8, 4) is 5.75 Å². The Morgan fingerprint density at radius 1 is 1.00 bits per heavy atom. The second-order valence-electron chi connectivity index (χ2n) is 3.20. The van der Waals surface area contributed by atoms with Crippen molar-refractivity contribution >= 4 is 0 Å². The minimum Gasteiger partial charge on any atom is -0.494 e. The lowest BCUT2D eigenvalue weighted by molar-refractivity contribution is 0.309. The molecule has 1 aromatic rings. The first kappa shape index (κ1) is 14.0. The van der Waals surface area contributed by atoms with Gasteiger partial charge in [0.25, 0.3) is 0 Å². The van der Waals surface area contributed by atoms with Gasteiger partial charge in [0.2, 0.25) is 0 Å². The molecule has 0 atom stereocenters. The lowest BCUT2D eigenvalue weighted by Gasteiger charge is -2.05. The summed E-state index contributed by atoms with van der Waals surface area (Å²) in [4.78, 5) is 0. The normalized spacial score (nSPS) is 9.07. The quantitative estimate of drug-likeness (QED) is 0.649. The van der Waals surface area contributed by atoms with Gasteiger partial charge in [-0.05, 0) is 30.5 Å². The second-order valence-corrected chi connectivity index (χ2v) is 3.20. The Bertz CT molecular complexity index is 226. The lowest BCUT2D eigenvalue weighted by Crippen LogP contribution is -1.96. The number of rotatable bonds is 5. The SMILES string of the molecule is CC.CCCCOc1ccc(CC)cc1. The highest BCUT2D eigenvalue weighted by atomic mass is 16.5. The minimum atomic E-state index is 0.835. The van der Waals surface area contributed by atoms with E-state index in [1.54, 1.807) is 0 Å². The molecule has 1 aromatic carbocycles. The number of hydrogen-bond donors (Lipinski definition) is 0. The summed E-state index contributed by atoms with van der Waals surface area (Å²) >= 11 is 0. The monoisotopic (exact) mass is 208 g/mol. The maximum Gasteiger partial charge on any atom is 0.119 e. The fraction of sp³-hybridized carbons (Fsp3) is 0.571. The van der Waals surface area contributed by atoms with E-state index >= 15 is 0 Å². The highest BCUT2D eigenvalue weighted by molar-refractivity contribution is 5.27. The van der Waals surface area contributed by atoms with Crippen LogP contribution in [-0.2, 0) is 6.42 Å². The molecule has 0 N–H and O–H groups in total. The van der Waals surface area contributed by atoms with Crippen LogP contribution >= 0.6 is 0 Å². The molecule has 0 spiro atoms. The number of benzene rings is 1. The molecule has 0 fully saturated rings. The van der Waals surface area contributed by atoms with Gasteiger partial charge in [0, 0.05) is 0 Å². The van der Waals surface area contributed by atoms with E-state index in [0.717, 1.165) is 25.2 Å². The summed E-state index contributed by atoms with van der Waals surface area (Å²) in [7, 11) is 0. The highest BCUT2D eigenvalue weighted by Crippen LogP contribution is 2.12. The van der Waals surface area contributed by atoms with Crippen molar-refractivity contribution in [1.82, 2.24) is 0 Å². The number of aryl methyl sites for hydroxylation is 1. The van der Waals surface area contributed by atoms with Gasteiger partial charge in [-0.2, -0.15) is 0 Å². The van der Waals surface area contributed by atoms with E-state index in [1.807, 2.05) is 13.8 Å². The van der Waals surface area contributed by atoms with Gasteiger partial charge in [-0.1, -0.05) is 46.2 Å². The largest absolute Gasteiger partial charge is 0.494 e. The smallest absolute Gasteiger partial charge is 0.119 e. The van der Waals surface area contributed by atoms with E-state index in [4.69, 9.17) is 4.74 Å². The zero-order valence-electron chi connectivity index (χ0n) is 10.5. The summed E-state index contributed by atoms with van der Waals surface area (Å²) in [6, 6.07) is 8.35. The molecule has 86 valence electrons. The number of ether oxygens (including phenoxy) is 1. The maximum atomic E-state index is 5.55. The highest BCUT2D eigenvalue weighted by Gasteiger charge is 1.92. The minimum absolute atomic E-state index is 0.835. The van der Waals surface area contributed by atoms with E-state index in [0.29, 0.717) is 0 Å². The summed E-state index contributed by atoms with van der Waals surface area (Å²) in [5, 5.41) is 0. The van der Waals surface area contributed by atoms with Crippen molar-refractivity contribution in [3.05, 3.63) is 29.8 Å². The van der Waals surface area contributed by atoms with Crippen LogP contribution < -0.4 is 4.74 Å². The Labute approximate surface area is 94.5 Å². The first-order chi connectivity index (χ1) is 7.36. The fourth-order valence-electron chi connectivity index (χ4n) is 1.16. The van der Waals surface area contributed by atoms with Gasteiger partial charge in [-0.15, -0.1) is 0 Å². The third-order valence-electron chi connectivity index (χ3n) is 2.10. The van der Waals surface area contributed by atoms with Crippen molar-refractivity contribution < 1.29 is 4.74 Å². The third kappa shape index (κ3) is 6.16. The molecule has 1 heteroatoms. The van der Waals surface area contributed by atoms with Crippen LogP contribution in [0.3, 0.4) is 0 Å². The van der Waals surface area contributed by atoms with Crippen LogP contribution in [0.25, 0.3) is 0 Å². The molecule has 15 heavy (non-hydrogen) atoms. The van der Waals surface area contributed by atoms with Crippen molar-refractivity contribution in [2.24, 2.45) is 0 Å². The standard InChI is InChI=1S/C12H18O.C2H6/c1-3-5-10-13-12-8-6-11(4-2)7-9-12;1-2/h6-9H,3-5,10H2,1-2H3;1-2H3. The van der Waals surface area contributed by atoms with Gasteiger partial charge >= 0.3 is 0 Å². The van der Waals surface area contributed by atoms with Gasteiger partial charge in [0.15, 0.2) is 0 Å². The molecule has 0 aromatic heterocycles. The van der Waals surface area contributed by atoms with E-state index in [1.165, 1.54) is 12.0 Å². The van der Waals surface area contributed by atoms with Gasteiger partial charge in [0.05, 0.1) is 6.61 Å². The topological polar surface area (TPSA) is 9.23 Å². The van der Waals surface area contributed by atoms with Crippen LogP contribution in [0.2, 0.25) is 0 Å². The van der Waals surface area contributed by atoms with E-state index in [2.05, 4.69) is 38.1 Å². The summed E-state index contributed by atoms with van der Waals surface area (Å²) in [6.07, 6.45) is 3.41. The Hall–Kier alpha value is -0.980. The molecule has 1 rings (SSSR count). The molecule has 1 nitrogen and oxygen atoms in total. The van der Waals surface area contributed by atoms with Crippen LogP contribution in [0.4, 0.5) is 0 Å². The average Bonchev–Trinajstić information content (AvgIpc) is 2.33. The molecule has 0 aliphatic carbocycles. The molecule has 0 aliphatic rings. The van der Waals surface area contributed by atoms with E-state index in [9.17, 15) is 0 Å². The molecule has 0 aliphatic heterocycles. The van der Waals surface area contributed by atoms with Crippen LogP contribution in [0.1, 0.15) is 46.1 Å². The van der Waals surface area contributed by atoms with Crippen molar-refractivity contribution in [3.63, 3.8) is 0 Å². The summed E-state index contributed by atoms with van der Waals surface area (Å²) in [5.74, 6) is 0.991. The van der Waals surface area contributed by atoms with E-state index < -0.39 is 0 Å². The molecular weight excluding hydrogens is 184 g/mol. The molecule has 0 amide bonds. The zero-order chi connectivity index (χ0) is 11.5. The molecule has 0 unspecified atom stereocenters. The Morgan fingerprint density at radius 3 is 2.07 bits per heavy atom. The van der Waals surface area contributed by atoms with Gasteiger partial charge < -0.3 is 4.74 Å². The number of unbranched alkanes of at least 4 members (excludes halogenated alkanes) is 1. The van der Waals surface area contributed by atoms with Gasteiger partial charge in [-0.25, -0.2) is 0 Å². The van der Waals surface area contributed by atoms with Gasteiger partial charge in [0.1, 0.15) is 5.75 Å². The number of hydrogen-bond acceptors (Lipinski definition) is 1. The van der Waals surface area contributed by atoms with Crippen molar-refractivity contribution in [2.75, 3.05) is 6.61 Å². The van der Waals surface area contributed by atoms with Crippen molar-refractivity contribution in [1.29, 1.82) is 0 Å². The summed E-state index contributed by atoms with van der Waals surface area (Å²) in [6.45, 7) is 9.17. The molecule has 0 radical (unpaired) electrons. The molecule has 0 saturated carbocycles. The lowest BCUT2D eigenvalue weighted by atomic mass is 10.2. The van der Waals surface area contributed by atoms with Crippen LogP contribution in [0, 0.1) is 0 Å². The van der Waals surface area contributed by atoms with Crippen LogP contribution in [0.5, 0.6) is 5.75 Å². The Morgan fingerprint density at radius 2 is 1.60 bits per heavy atom. The predicted molar refractivity (Wildman–Crippen MR) is 67.6 cm³/mol. The third-order valence-corrected chi connectivity index (χ3v) is 2.10. The summed E-state index contributed by atoms with van der Waals surface area (Å²) in [5.41, 5.74) is 1.36. The Balaban J connectivity index is 0.000000921. The maximum absolute atomic E-state index is 5.55. The Kier molecular flexibility index (Phi) is 8.95. The molecular formula is C14H24O. The first-order valence-corrected chi connectivity index (χ1v) is 6.08.